The number of aliphatic imine (C=N–C) groups is 1. The van der Waals surface area contributed by atoms with Gasteiger partial charge in [0.15, 0.2) is 5.17 Å². The summed E-state index contributed by atoms with van der Waals surface area (Å²) in [5.74, 6) is -0.182. The summed E-state index contributed by atoms with van der Waals surface area (Å²) in [6.07, 6.45) is 1.03. The summed E-state index contributed by atoms with van der Waals surface area (Å²) in [5, 5.41) is 5.42. The number of amides is 2. The SMILES string of the molecule is CC(C)CCNC(=O)C[C@H]1SC(=Nc2ccc(F)cc2)NC1=O. The van der Waals surface area contributed by atoms with Crippen molar-refractivity contribution in [2.45, 2.75) is 31.9 Å². The Labute approximate surface area is 139 Å². The van der Waals surface area contributed by atoms with Gasteiger partial charge in [-0.2, -0.15) is 0 Å². The molecule has 0 bridgehead atoms. The lowest BCUT2D eigenvalue weighted by molar-refractivity contribution is -0.125. The Morgan fingerprint density at radius 1 is 1.39 bits per heavy atom. The summed E-state index contributed by atoms with van der Waals surface area (Å²) < 4.78 is 12.9. The average molecular weight is 337 g/mol. The Balaban J connectivity index is 1.87. The van der Waals surface area contributed by atoms with Gasteiger partial charge in [0.1, 0.15) is 11.1 Å². The highest BCUT2D eigenvalue weighted by atomic mass is 32.2. The van der Waals surface area contributed by atoms with Crippen LogP contribution >= 0.6 is 11.8 Å². The number of rotatable bonds is 6. The van der Waals surface area contributed by atoms with Crippen molar-refractivity contribution in [3.63, 3.8) is 0 Å². The number of nitrogens with zero attached hydrogens (tertiary/aromatic N) is 1. The van der Waals surface area contributed by atoms with E-state index < -0.39 is 5.25 Å². The second kappa shape index (κ2) is 8.10. The van der Waals surface area contributed by atoms with Crippen molar-refractivity contribution < 1.29 is 14.0 Å². The summed E-state index contributed by atoms with van der Waals surface area (Å²) in [7, 11) is 0. The minimum atomic E-state index is -0.478. The lowest BCUT2D eigenvalue weighted by Gasteiger charge is -2.08. The summed E-state index contributed by atoms with van der Waals surface area (Å²) in [6, 6.07) is 5.67. The van der Waals surface area contributed by atoms with Crippen LogP contribution in [0.1, 0.15) is 26.7 Å². The molecule has 1 atom stereocenters. The molecule has 0 aromatic heterocycles. The number of carbonyl (C=O) groups is 2. The van der Waals surface area contributed by atoms with Gasteiger partial charge in [0.25, 0.3) is 0 Å². The van der Waals surface area contributed by atoms with Crippen LogP contribution in [0.5, 0.6) is 0 Å². The highest BCUT2D eigenvalue weighted by molar-refractivity contribution is 8.15. The molecule has 124 valence electrons. The van der Waals surface area contributed by atoms with E-state index in [1.807, 2.05) is 0 Å². The van der Waals surface area contributed by atoms with E-state index in [0.29, 0.717) is 23.3 Å². The predicted octanol–water partition coefficient (Wildman–Crippen LogP) is 2.60. The van der Waals surface area contributed by atoms with Crippen LogP contribution < -0.4 is 10.6 Å². The molecule has 0 unspecified atom stereocenters. The number of hydrogen-bond acceptors (Lipinski definition) is 4. The van der Waals surface area contributed by atoms with Crippen LogP contribution in [-0.2, 0) is 9.59 Å². The molecule has 1 aromatic carbocycles. The van der Waals surface area contributed by atoms with Gasteiger partial charge in [-0.15, -0.1) is 0 Å². The zero-order chi connectivity index (χ0) is 16.8. The molecule has 7 heteroatoms. The van der Waals surface area contributed by atoms with Crippen LogP contribution in [-0.4, -0.2) is 28.8 Å². The van der Waals surface area contributed by atoms with E-state index in [4.69, 9.17) is 0 Å². The number of benzene rings is 1. The van der Waals surface area contributed by atoms with Crippen LogP contribution in [0.25, 0.3) is 0 Å². The number of carbonyl (C=O) groups excluding carboxylic acids is 2. The molecular formula is C16H20FN3O2S. The molecule has 1 saturated heterocycles. The van der Waals surface area contributed by atoms with Gasteiger partial charge in [-0.05, 0) is 36.6 Å². The average Bonchev–Trinajstić information content (AvgIpc) is 2.81. The molecule has 1 aliphatic heterocycles. The van der Waals surface area contributed by atoms with Gasteiger partial charge in [0, 0.05) is 13.0 Å². The molecule has 5 nitrogen and oxygen atoms in total. The van der Waals surface area contributed by atoms with Crippen molar-refractivity contribution in [2.75, 3.05) is 6.54 Å². The molecule has 2 N–H and O–H groups in total. The van der Waals surface area contributed by atoms with E-state index in [2.05, 4.69) is 29.5 Å². The largest absolute Gasteiger partial charge is 0.356 e. The molecule has 2 amide bonds. The Bertz CT molecular complexity index is 602. The second-order valence-corrected chi connectivity index (χ2v) is 6.92. The number of amidine groups is 1. The minimum absolute atomic E-state index is 0.122. The van der Waals surface area contributed by atoms with Crippen LogP contribution in [0.3, 0.4) is 0 Å². The zero-order valence-electron chi connectivity index (χ0n) is 13.1. The van der Waals surface area contributed by atoms with E-state index in [1.54, 1.807) is 0 Å². The first-order valence-electron chi connectivity index (χ1n) is 7.52. The van der Waals surface area contributed by atoms with Gasteiger partial charge in [-0.1, -0.05) is 25.6 Å². The highest BCUT2D eigenvalue weighted by Crippen LogP contribution is 2.25. The van der Waals surface area contributed by atoms with Crippen molar-refractivity contribution in [1.29, 1.82) is 0 Å². The molecule has 0 aliphatic carbocycles. The Morgan fingerprint density at radius 2 is 2.09 bits per heavy atom. The fourth-order valence-corrected chi connectivity index (χ4v) is 2.95. The van der Waals surface area contributed by atoms with Gasteiger partial charge in [-0.25, -0.2) is 9.38 Å². The van der Waals surface area contributed by atoms with E-state index in [1.165, 1.54) is 36.0 Å². The predicted molar refractivity (Wildman–Crippen MR) is 90.1 cm³/mol. The van der Waals surface area contributed by atoms with Gasteiger partial charge in [-0.3, -0.25) is 9.59 Å². The van der Waals surface area contributed by atoms with Crippen molar-refractivity contribution in [3.05, 3.63) is 30.1 Å². The molecular weight excluding hydrogens is 317 g/mol. The number of halogens is 1. The molecule has 0 radical (unpaired) electrons. The highest BCUT2D eigenvalue weighted by Gasteiger charge is 2.31. The maximum atomic E-state index is 12.9. The molecule has 1 aliphatic rings. The quantitative estimate of drug-likeness (QED) is 0.838. The standard InChI is InChI=1S/C16H20FN3O2S/c1-10(2)7-8-18-14(21)9-13-15(22)20-16(23-13)19-12-5-3-11(17)4-6-12/h3-6,10,13H,7-9H2,1-2H3,(H,18,21)(H,19,20,22)/t13-/m1/s1. The number of thioether (sulfide) groups is 1. The first-order valence-corrected chi connectivity index (χ1v) is 8.40. The van der Waals surface area contributed by atoms with Crippen LogP contribution in [0.4, 0.5) is 10.1 Å². The molecule has 1 aromatic rings. The number of hydrogen-bond donors (Lipinski definition) is 2. The molecule has 23 heavy (non-hydrogen) atoms. The Morgan fingerprint density at radius 3 is 2.74 bits per heavy atom. The fourth-order valence-electron chi connectivity index (χ4n) is 1.97. The maximum Gasteiger partial charge on any atom is 0.240 e. The lowest BCUT2D eigenvalue weighted by Crippen LogP contribution is -2.32. The lowest BCUT2D eigenvalue weighted by atomic mass is 10.1. The second-order valence-electron chi connectivity index (χ2n) is 5.73. The molecule has 0 saturated carbocycles. The summed E-state index contributed by atoms with van der Waals surface area (Å²) in [5.41, 5.74) is 0.552. The minimum Gasteiger partial charge on any atom is -0.356 e. The Hall–Kier alpha value is -1.89. The topological polar surface area (TPSA) is 70.6 Å². The van der Waals surface area contributed by atoms with Crippen molar-refractivity contribution in [3.8, 4) is 0 Å². The van der Waals surface area contributed by atoms with E-state index in [0.717, 1.165) is 6.42 Å². The molecule has 2 rings (SSSR count). The summed E-state index contributed by atoms with van der Waals surface area (Å²) in [4.78, 5) is 28.0. The summed E-state index contributed by atoms with van der Waals surface area (Å²) >= 11 is 1.22. The fraction of sp³-hybridized carbons (Fsp3) is 0.438. The molecule has 0 spiro atoms. The normalized spacial score (nSPS) is 19.2. The first kappa shape index (κ1) is 17.5. The van der Waals surface area contributed by atoms with Gasteiger partial charge in [0.05, 0.1) is 5.69 Å². The van der Waals surface area contributed by atoms with Gasteiger partial charge in [0.2, 0.25) is 11.8 Å². The third-order valence-corrected chi connectivity index (χ3v) is 4.33. The van der Waals surface area contributed by atoms with Crippen molar-refractivity contribution >= 4 is 34.4 Å². The van der Waals surface area contributed by atoms with Crippen LogP contribution in [0, 0.1) is 11.7 Å². The third kappa shape index (κ3) is 5.67. The van der Waals surface area contributed by atoms with Crippen molar-refractivity contribution in [2.24, 2.45) is 10.9 Å². The van der Waals surface area contributed by atoms with E-state index in [9.17, 15) is 14.0 Å². The summed E-state index contributed by atoms with van der Waals surface area (Å²) in [6.45, 7) is 4.79. The van der Waals surface area contributed by atoms with Crippen molar-refractivity contribution in [1.82, 2.24) is 10.6 Å². The monoisotopic (exact) mass is 337 g/mol. The maximum absolute atomic E-state index is 12.9. The molecule has 1 heterocycles. The van der Waals surface area contributed by atoms with Crippen LogP contribution in [0.15, 0.2) is 29.3 Å². The van der Waals surface area contributed by atoms with Gasteiger partial charge >= 0.3 is 0 Å². The smallest absolute Gasteiger partial charge is 0.240 e. The third-order valence-electron chi connectivity index (χ3n) is 3.25. The molecule has 1 fully saturated rings. The first-order chi connectivity index (χ1) is 10.9. The van der Waals surface area contributed by atoms with Gasteiger partial charge < -0.3 is 10.6 Å². The van der Waals surface area contributed by atoms with Crippen LogP contribution in [0.2, 0.25) is 0 Å². The van der Waals surface area contributed by atoms with E-state index in [-0.39, 0.29) is 24.1 Å². The zero-order valence-corrected chi connectivity index (χ0v) is 14.0. The number of nitrogens with one attached hydrogen (secondary N) is 2. The Kier molecular flexibility index (Phi) is 6.15. The van der Waals surface area contributed by atoms with E-state index >= 15 is 0 Å².